The topological polar surface area (TPSA) is 63.4 Å². The summed E-state index contributed by atoms with van der Waals surface area (Å²) in [6.45, 7) is 6.21. The summed E-state index contributed by atoms with van der Waals surface area (Å²) in [5.41, 5.74) is 6.40. The minimum absolute atomic E-state index is 0.224. The smallest absolute Gasteiger partial charge is 0.243 e. The van der Waals surface area contributed by atoms with E-state index >= 15 is 0 Å². The Bertz CT molecular complexity index is 588. The van der Waals surface area contributed by atoms with E-state index in [0.29, 0.717) is 22.8 Å². The minimum atomic E-state index is -3.51. The van der Waals surface area contributed by atoms with Crippen LogP contribution in [0.2, 0.25) is 5.02 Å². The van der Waals surface area contributed by atoms with Gasteiger partial charge in [0.15, 0.2) is 0 Å². The number of nitrogens with two attached hydrogens (primary N) is 1. The van der Waals surface area contributed by atoms with E-state index < -0.39 is 10.0 Å². The fourth-order valence-corrected chi connectivity index (χ4v) is 4.64. The number of hydrogen-bond donors (Lipinski definition) is 1. The number of anilines is 1. The van der Waals surface area contributed by atoms with E-state index in [1.807, 2.05) is 13.8 Å². The minimum Gasteiger partial charge on any atom is -0.397 e. The van der Waals surface area contributed by atoms with Crippen LogP contribution in [0.5, 0.6) is 0 Å². The number of halogens is 1. The Balaban J connectivity index is 2.52. The highest BCUT2D eigenvalue weighted by Gasteiger charge is 2.41. The van der Waals surface area contributed by atoms with Crippen molar-refractivity contribution in [1.82, 2.24) is 4.31 Å². The first-order chi connectivity index (χ1) is 8.66. The number of nitrogens with zero attached hydrogens (tertiary/aromatic N) is 1. The molecule has 0 saturated carbocycles. The second-order valence-electron chi connectivity index (χ2n) is 5.64. The number of aryl methyl sites for hydroxylation is 1. The van der Waals surface area contributed by atoms with E-state index in [1.54, 1.807) is 17.3 Å². The molecule has 4 nitrogen and oxygen atoms in total. The standard InChI is InChI=1S/C13H19ClN2O2S/c1-9-7-10(8-11(15)12(9)14)19(17,18)16-6-4-5-13(16,2)3/h7-8H,4-6,15H2,1-3H3. The van der Waals surface area contributed by atoms with Crippen molar-refractivity contribution in [3.63, 3.8) is 0 Å². The summed E-state index contributed by atoms with van der Waals surface area (Å²) in [6.07, 6.45) is 1.75. The molecule has 0 radical (unpaired) electrons. The maximum Gasteiger partial charge on any atom is 0.243 e. The second kappa shape index (κ2) is 4.65. The predicted molar refractivity (Wildman–Crippen MR) is 77.8 cm³/mol. The van der Waals surface area contributed by atoms with Gasteiger partial charge in [0.05, 0.1) is 15.6 Å². The van der Waals surface area contributed by atoms with Gasteiger partial charge in [-0.05, 0) is 51.3 Å². The third-order valence-electron chi connectivity index (χ3n) is 3.67. The molecule has 0 unspecified atom stereocenters. The van der Waals surface area contributed by atoms with Crippen molar-refractivity contribution < 1.29 is 8.42 Å². The highest BCUT2D eigenvalue weighted by atomic mass is 35.5. The van der Waals surface area contributed by atoms with Gasteiger partial charge in [0.1, 0.15) is 0 Å². The SMILES string of the molecule is Cc1cc(S(=O)(=O)N2CCCC2(C)C)cc(N)c1Cl. The van der Waals surface area contributed by atoms with E-state index in [2.05, 4.69) is 0 Å². The quantitative estimate of drug-likeness (QED) is 0.854. The fourth-order valence-electron chi connectivity index (χ4n) is 2.57. The summed E-state index contributed by atoms with van der Waals surface area (Å²) in [7, 11) is -3.51. The summed E-state index contributed by atoms with van der Waals surface area (Å²) in [4.78, 5) is 0.224. The molecule has 1 aliphatic rings. The first kappa shape index (κ1) is 14.6. The molecule has 1 aromatic carbocycles. The molecule has 1 aliphatic heterocycles. The molecular weight excluding hydrogens is 284 g/mol. The molecule has 19 heavy (non-hydrogen) atoms. The van der Waals surface area contributed by atoms with Crippen LogP contribution in [0.4, 0.5) is 5.69 Å². The van der Waals surface area contributed by atoms with Crippen molar-refractivity contribution in [2.24, 2.45) is 0 Å². The average Bonchev–Trinajstić information content (AvgIpc) is 2.65. The van der Waals surface area contributed by atoms with Crippen LogP contribution < -0.4 is 5.73 Å². The molecule has 1 heterocycles. The van der Waals surface area contributed by atoms with Gasteiger partial charge < -0.3 is 5.73 Å². The van der Waals surface area contributed by atoms with Crippen molar-refractivity contribution in [3.8, 4) is 0 Å². The molecule has 1 aromatic rings. The first-order valence-corrected chi connectivity index (χ1v) is 8.06. The van der Waals surface area contributed by atoms with E-state index in [-0.39, 0.29) is 10.4 Å². The van der Waals surface area contributed by atoms with Crippen molar-refractivity contribution in [1.29, 1.82) is 0 Å². The Hall–Kier alpha value is -0.780. The molecular formula is C13H19ClN2O2S. The third kappa shape index (κ3) is 2.47. The van der Waals surface area contributed by atoms with Crippen LogP contribution in [-0.4, -0.2) is 24.8 Å². The number of benzene rings is 1. The Morgan fingerprint density at radius 2 is 2.00 bits per heavy atom. The summed E-state index contributed by atoms with van der Waals surface area (Å²) in [5.74, 6) is 0. The van der Waals surface area contributed by atoms with Gasteiger partial charge in [-0.2, -0.15) is 4.31 Å². The van der Waals surface area contributed by atoms with Gasteiger partial charge in [0, 0.05) is 12.1 Å². The Morgan fingerprint density at radius 1 is 1.37 bits per heavy atom. The maximum atomic E-state index is 12.7. The molecule has 2 rings (SSSR count). The second-order valence-corrected chi connectivity index (χ2v) is 7.88. The van der Waals surface area contributed by atoms with Gasteiger partial charge >= 0.3 is 0 Å². The van der Waals surface area contributed by atoms with Crippen LogP contribution in [0.15, 0.2) is 17.0 Å². The highest BCUT2D eigenvalue weighted by Crippen LogP contribution is 2.35. The lowest BCUT2D eigenvalue weighted by Gasteiger charge is -2.30. The van der Waals surface area contributed by atoms with E-state index in [9.17, 15) is 8.42 Å². The lowest BCUT2D eigenvalue weighted by Crippen LogP contribution is -2.42. The lowest BCUT2D eigenvalue weighted by atomic mass is 10.0. The van der Waals surface area contributed by atoms with Crippen LogP contribution in [0.25, 0.3) is 0 Å². The molecule has 0 amide bonds. The summed E-state index contributed by atoms with van der Waals surface area (Å²) in [5, 5.41) is 0.416. The van der Waals surface area contributed by atoms with Crippen LogP contribution >= 0.6 is 11.6 Å². The molecule has 0 bridgehead atoms. The van der Waals surface area contributed by atoms with Gasteiger partial charge in [-0.1, -0.05) is 11.6 Å². The molecule has 6 heteroatoms. The molecule has 0 atom stereocenters. The molecule has 0 aromatic heterocycles. The number of sulfonamides is 1. The van der Waals surface area contributed by atoms with Crippen molar-refractivity contribution in [3.05, 3.63) is 22.7 Å². The van der Waals surface area contributed by atoms with Crippen LogP contribution in [0.3, 0.4) is 0 Å². The number of hydrogen-bond acceptors (Lipinski definition) is 3. The average molecular weight is 303 g/mol. The van der Waals surface area contributed by atoms with E-state index in [1.165, 1.54) is 6.07 Å². The Labute approximate surface area is 119 Å². The largest absolute Gasteiger partial charge is 0.397 e. The molecule has 1 saturated heterocycles. The van der Waals surface area contributed by atoms with Crippen molar-refractivity contribution >= 4 is 27.3 Å². The summed E-state index contributed by atoms with van der Waals surface area (Å²) >= 11 is 5.98. The Morgan fingerprint density at radius 3 is 2.47 bits per heavy atom. The van der Waals surface area contributed by atoms with E-state index in [0.717, 1.165) is 12.8 Å². The summed E-state index contributed by atoms with van der Waals surface area (Å²) in [6, 6.07) is 3.03. The highest BCUT2D eigenvalue weighted by molar-refractivity contribution is 7.89. The van der Waals surface area contributed by atoms with Crippen LogP contribution in [-0.2, 0) is 10.0 Å². The number of nitrogen functional groups attached to an aromatic ring is 1. The normalized spacial score (nSPS) is 19.8. The predicted octanol–water partition coefficient (Wildman–Crippen LogP) is 2.79. The van der Waals surface area contributed by atoms with E-state index in [4.69, 9.17) is 17.3 Å². The van der Waals surface area contributed by atoms with Gasteiger partial charge in [-0.25, -0.2) is 8.42 Å². The number of rotatable bonds is 2. The van der Waals surface area contributed by atoms with Crippen LogP contribution in [0.1, 0.15) is 32.3 Å². The molecule has 2 N–H and O–H groups in total. The molecule has 0 aliphatic carbocycles. The molecule has 106 valence electrons. The zero-order valence-electron chi connectivity index (χ0n) is 11.4. The van der Waals surface area contributed by atoms with Gasteiger partial charge in [-0.15, -0.1) is 0 Å². The van der Waals surface area contributed by atoms with Gasteiger partial charge in [-0.3, -0.25) is 0 Å². The maximum absolute atomic E-state index is 12.7. The van der Waals surface area contributed by atoms with Crippen molar-refractivity contribution in [2.45, 2.75) is 44.0 Å². The zero-order chi connectivity index (χ0) is 14.4. The monoisotopic (exact) mass is 302 g/mol. The van der Waals surface area contributed by atoms with Crippen molar-refractivity contribution in [2.75, 3.05) is 12.3 Å². The molecule has 1 fully saturated rings. The molecule has 0 spiro atoms. The zero-order valence-corrected chi connectivity index (χ0v) is 13.0. The fraction of sp³-hybridized carbons (Fsp3) is 0.538. The lowest BCUT2D eigenvalue weighted by molar-refractivity contribution is 0.291. The van der Waals surface area contributed by atoms with Crippen LogP contribution in [0, 0.1) is 6.92 Å². The third-order valence-corrected chi connectivity index (χ3v) is 6.27. The van der Waals surface area contributed by atoms with Gasteiger partial charge in [0.25, 0.3) is 0 Å². The Kier molecular flexibility index (Phi) is 3.58. The first-order valence-electron chi connectivity index (χ1n) is 6.25. The van der Waals surface area contributed by atoms with Gasteiger partial charge in [0.2, 0.25) is 10.0 Å². The summed E-state index contributed by atoms with van der Waals surface area (Å²) < 4.78 is 26.9.